The number of fused-ring (bicyclic) bond motifs is 9. The van der Waals surface area contributed by atoms with E-state index in [9.17, 15) is 32.7 Å². The van der Waals surface area contributed by atoms with Crippen molar-refractivity contribution in [2.24, 2.45) is 35.0 Å². The Balaban J connectivity index is 0.000000137. The number of nitrogens with two attached hydrogens (primary N) is 3. The van der Waals surface area contributed by atoms with Crippen molar-refractivity contribution in [3.8, 4) is 68.7 Å². The molecule has 11 heterocycles. The Morgan fingerprint density at radius 2 is 0.828 bits per heavy atom. The maximum atomic E-state index is 14.7. The molecule has 0 bridgehead atoms. The molecule has 3 amide bonds. The molecule has 116 heavy (non-hydrogen) atoms. The Labute approximate surface area is 666 Å². The van der Waals surface area contributed by atoms with Crippen LogP contribution >= 0.6 is 0 Å². The third kappa shape index (κ3) is 17.2. The molecule has 34 nitrogen and oxygen atoms in total. The Morgan fingerprint density at radius 3 is 1.18 bits per heavy atom. The van der Waals surface area contributed by atoms with Gasteiger partial charge >= 0.3 is 18.0 Å². The molecule has 3 aromatic carbocycles. The number of nitrogens with zero attached hydrogens (tertiary/aromatic N) is 17. The fraction of sp³-hybridized carbons (Fsp3) is 0.430. The third-order valence-corrected chi connectivity index (χ3v) is 21.7. The maximum absolute atomic E-state index is 14.7. The standard InChI is InChI=1S/C28H34FN9O3.C26H29FN8O3.C25H29FN8O3/c1-16-33-12-18(13-34-16)41-28-35-24-11-19-20(9-17(29)10-23(19)31-2)25(24)26(36-28)38-14-21(22(30)15-38)27(39)32-3-4-37-5-7-40-8-6-37;1-14-30-10-16(11-31-14)38-26-32-22-9-17-18(7-15(27)8-21(17)29-2)23(22)24(33-26)35-12-19(20(28)13-35)25(36)34-3-5-37-6-4-34;1-12(35)7-31-24(36)18-10-34(11-19(18)27)23-22-17-4-14(26)5-20(28-3)16(17)6-21(22)32-25(33-23)37-15-8-29-13(2)30-9-15/h9-10,12-13,21-22,31H,3-8,11,14-15,30H2,1-2H3,(H,32,39);7-8,10-11,19-20,29H,3-6,9,12-13,28H2,1-2H3;4-5,8-9,12,18-19,28,35H,6-7,10-11,27H2,1-3H3,(H,31,36). The van der Waals surface area contributed by atoms with Gasteiger partial charge in [-0.05, 0) is 97.5 Å². The van der Waals surface area contributed by atoms with Crippen LogP contribution in [0.1, 0.15) is 58.2 Å². The smallest absolute Gasteiger partial charge is 0.324 e. The number of aliphatic hydroxyl groups excluding tert-OH is 1. The number of morpholine rings is 2. The minimum Gasteiger partial charge on any atom is -0.421 e. The van der Waals surface area contributed by atoms with Gasteiger partial charge in [-0.1, -0.05) is 0 Å². The van der Waals surface area contributed by atoms with E-state index in [1.807, 2.05) is 19.6 Å². The Kier molecular flexibility index (Phi) is 23.5. The lowest BCUT2D eigenvalue weighted by Gasteiger charge is -2.30. The summed E-state index contributed by atoms with van der Waals surface area (Å²) in [5, 5.41) is 24.6. The van der Waals surface area contributed by atoms with E-state index in [1.54, 1.807) is 73.6 Å². The molecule has 3 aliphatic carbocycles. The predicted molar refractivity (Wildman–Crippen MR) is 423 cm³/mol. The number of carbonyl (C=O) groups is 3. The number of carbonyl (C=O) groups excluding carboxylic acids is 3. The lowest BCUT2D eigenvalue weighted by molar-refractivity contribution is -0.139. The molecule has 608 valence electrons. The van der Waals surface area contributed by atoms with Gasteiger partial charge in [-0.2, -0.15) is 29.9 Å². The van der Waals surface area contributed by atoms with Crippen LogP contribution < -0.4 is 72.7 Å². The molecule has 0 radical (unpaired) electrons. The molecule has 5 aliphatic heterocycles. The van der Waals surface area contributed by atoms with E-state index in [-0.39, 0.29) is 65.8 Å². The minimum absolute atomic E-state index is 0.0196. The molecule has 9 aromatic rings. The first-order valence-corrected chi connectivity index (χ1v) is 38.6. The van der Waals surface area contributed by atoms with Crippen molar-refractivity contribution >= 4 is 52.2 Å². The summed E-state index contributed by atoms with van der Waals surface area (Å²) in [6.07, 6.45) is 10.1. The van der Waals surface area contributed by atoms with Gasteiger partial charge in [-0.3, -0.25) is 19.3 Å². The fourth-order valence-electron chi connectivity index (χ4n) is 15.9. The van der Waals surface area contributed by atoms with Gasteiger partial charge in [0.1, 0.15) is 52.4 Å². The molecule has 7 atom stereocenters. The zero-order chi connectivity index (χ0) is 81.2. The molecule has 37 heteroatoms. The molecule has 5 saturated heterocycles. The van der Waals surface area contributed by atoms with Gasteiger partial charge in [-0.25, -0.2) is 43.1 Å². The highest BCUT2D eigenvalue weighted by molar-refractivity contribution is 5.92. The van der Waals surface area contributed by atoms with Gasteiger partial charge < -0.3 is 92.2 Å². The maximum Gasteiger partial charge on any atom is 0.324 e. The Hall–Kier alpha value is -11.7. The molecule has 7 unspecified atom stereocenters. The number of aliphatic hydroxyl groups is 1. The third-order valence-electron chi connectivity index (χ3n) is 21.7. The summed E-state index contributed by atoms with van der Waals surface area (Å²) in [7, 11) is 5.27. The van der Waals surface area contributed by atoms with Crippen LogP contribution in [0.15, 0.2) is 73.6 Å². The van der Waals surface area contributed by atoms with Gasteiger partial charge in [0.05, 0.1) is 105 Å². The largest absolute Gasteiger partial charge is 0.421 e. The number of hydrogen-bond acceptors (Lipinski definition) is 31. The monoisotopic (exact) mass is 1590 g/mol. The number of benzene rings is 3. The van der Waals surface area contributed by atoms with Gasteiger partial charge in [0.15, 0.2) is 17.2 Å². The normalized spacial score (nSPS) is 19.7. The molecular formula is C79H92F3N25O9. The quantitative estimate of drug-likeness (QED) is 0.0509. The van der Waals surface area contributed by atoms with E-state index in [2.05, 4.69) is 71.4 Å². The Bertz CT molecular complexity index is 5150. The van der Waals surface area contributed by atoms with Crippen molar-refractivity contribution in [3.05, 3.63) is 142 Å². The molecule has 0 saturated carbocycles. The van der Waals surface area contributed by atoms with E-state index in [4.69, 9.17) is 60.8 Å². The van der Waals surface area contributed by atoms with Crippen molar-refractivity contribution in [1.29, 1.82) is 0 Å². The second-order valence-electron chi connectivity index (χ2n) is 29.7. The summed E-state index contributed by atoms with van der Waals surface area (Å²) in [6.45, 7) is 15.9. The first kappa shape index (κ1) is 79.5. The molecular weight excluding hydrogens is 1500 g/mol. The van der Waals surface area contributed by atoms with Crippen LogP contribution in [-0.2, 0) is 43.1 Å². The van der Waals surface area contributed by atoms with Crippen molar-refractivity contribution in [1.82, 2.24) is 80.2 Å². The van der Waals surface area contributed by atoms with Crippen LogP contribution in [0.2, 0.25) is 0 Å². The second kappa shape index (κ2) is 34.4. The predicted octanol–water partition coefficient (Wildman–Crippen LogP) is 4.45. The van der Waals surface area contributed by atoms with Crippen LogP contribution in [-0.4, -0.2) is 249 Å². The zero-order valence-electron chi connectivity index (χ0n) is 65.3. The van der Waals surface area contributed by atoms with Crippen molar-refractivity contribution in [3.63, 3.8) is 0 Å². The number of anilines is 6. The fourth-order valence-corrected chi connectivity index (χ4v) is 15.9. The summed E-state index contributed by atoms with van der Waals surface area (Å²) in [5.74, 6) is 1.91. The molecule has 0 spiro atoms. The van der Waals surface area contributed by atoms with Gasteiger partial charge in [0.2, 0.25) is 17.7 Å². The van der Waals surface area contributed by atoms with E-state index < -0.39 is 35.9 Å². The zero-order valence-corrected chi connectivity index (χ0v) is 65.3. The van der Waals surface area contributed by atoms with E-state index in [1.165, 1.54) is 48.8 Å². The second-order valence-corrected chi connectivity index (χ2v) is 29.7. The average Bonchev–Trinajstić information content (AvgIpc) is 1.60. The summed E-state index contributed by atoms with van der Waals surface area (Å²) < 4.78 is 72.5. The molecule has 8 aliphatic rings. The highest BCUT2D eigenvalue weighted by Crippen LogP contribution is 2.50. The molecule has 17 rings (SSSR count). The topological polar surface area (TPSA) is 427 Å². The first-order chi connectivity index (χ1) is 56.0. The number of aryl methyl sites for hydroxylation is 3. The lowest BCUT2D eigenvalue weighted by atomic mass is 10.0. The summed E-state index contributed by atoms with van der Waals surface area (Å²) in [4.78, 5) is 103. The number of aromatic nitrogens is 12. The number of halogens is 3. The number of ether oxygens (including phenoxy) is 5. The van der Waals surface area contributed by atoms with Crippen LogP contribution in [0, 0.1) is 56.0 Å². The number of nitrogens with one attached hydrogen (secondary N) is 5. The first-order valence-electron chi connectivity index (χ1n) is 38.6. The summed E-state index contributed by atoms with van der Waals surface area (Å²) in [6, 6.07) is 7.99. The number of hydrogen-bond donors (Lipinski definition) is 9. The lowest BCUT2D eigenvalue weighted by Crippen LogP contribution is -2.48. The summed E-state index contributed by atoms with van der Waals surface area (Å²) >= 11 is 0. The van der Waals surface area contributed by atoms with E-state index >= 15 is 0 Å². The van der Waals surface area contributed by atoms with Crippen molar-refractivity contribution in [2.75, 3.05) is 163 Å². The average molecular weight is 1590 g/mol. The molecule has 5 fully saturated rings. The minimum atomic E-state index is -0.666. The highest BCUT2D eigenvalue weighted by Gasteiger charge is 2.44. The van der Waals surface area contributed by atoms with Crippen LogP contribution in [0.5, 0.6) is 35.3 Å². The van der Waals surface area contributed by atoms with Crippen LogP contribution in [0.3, 0.4) is 0 Å². The highest BCUT2D eigenvalue weighted by atomic mass is 19.1. The van der Waals surface area contributed by atoms with E-state index in [0.717, 1.165) is 58.6 Å². The molecule has 12 N–H and O–H groups in total. The van der Waals surface area contributed by atoms with Crippen LogP contribution in [0.25, 0.3) is 33.4 Å². The number of rotatable bonds is 20. The van der Waals surface area contributed by atoms with Crippen molar-refractivity contribution < 1.29 is 56.3 Å². The van der Waals surface area contributed by atoms with Gasteiger partial charge in [-0.15, -0.1) is 0 Å². The SMILES string of the molecule is CNc1cc(F)cc2c1Cc1nc(Oc3cnc(C)nc3)nc(N3CC(N)C(C(=O)N4CCOCC4)C3)c1-2.CNc1cc(F)cc2c1Cc1nc(Oc3cnc(C)nc3)nc(N3CC(N)C(C(=O)NCC(C)O)C3)c1-2.CNc1cc(F)cc2c1Cc1nc(Oc3cnc(C)nc3)nc(N3CC(N)C(C(=O)NCCN4CCOCC4)C3)c1-2. The van der Waals surface area contributed by atoms with Gasteiger partial charge in [0, 0.05) is 177 Å². The Morgan fingerprint density at radius 1 is 0.491 bits per heavy atom. The van der Waals surface area contributed by atoms with Crippen LogP contribution in [0.4, 0.5) is 47.7 Å². The van der Waals surface area contributed by atoms with E-state index in [0.29, 0.717) is 202 Å². The summed E-state index contributed by atoms with van der Waals surface area (Å²) in [5.41, 5.74) is 30.6. The molecule has 6 aromatic heterocycles. The number of amides is 3. The van der Waals surface area contributed by atoms with Gasteiger partial charge in [0.25, 0.3) is 0 Å². The van der Waals surface area contributed by atoms with Crippen molar-refractivity contribution in [2.45, 2.75) is 71.2 Å².